The smallest absolute Gasteiger partial charge is 0.248 e. The van der Waals surface area contributed by atoms with Crippen LogP contribution in [0, 0.1) is 5.92 Å². The molecular weight excluding hydrogens is 126 g/mol. The maximum atomic E-state index is 12.1. The highest BCUT2D eigenvalue weighted by Gasteiger charge is 2.44. The molecule has 1 aliphatic rings. The molecule has 0 N–H and O–H groups in total. The second-order valence-electron chi connectivity index (χ2n) is 2.59. The van der Waals surface area contributed by atoms with Gasteiger partial charge in [0.1, 0.15) is 0 Å². The van der Waals surface area contributed by atoms with Crippen LogP contribution >= 0.6 is 0 Å². The highest BCUT2D eigenvalue weighted by molar-refractivity contribution is 4.85. The predicted molar refractivity (Wildman–Crippen MR) is 29.5 cm³/mol. The summed E-state index contributed by atoms with van der Waals surface area (Å²) < 4.78 is 28.8. The largest absolute Gasteiger partial charge is 0.384 e. The second kappa shape index (κ2) is 2.21. The molecule has 0 unspecified atom stereocenters. The molecule has 0 aromatic carbocycles. The quantitative estimate of drug-likeness (QED) is 0.561. The summed E-state index contributed by atoms with van der Waals surface area (Å²) in [6.07, 6.45) is 0.0294. The van der Waals surface area contributed by atoms with Crippen molar-refractivity contribution in [2.24, 2.45) is 5.92 Å². The maximum absolute atomic E-state index is 12.1. The van der Waals surface area contributed by atoms with Crippen molar-refractivity contribution in [3.05, 3.63) is 0 Å². The Bertz CT molecular complexity index is 95.2. The molecular formula is C6H10F2O. The molecule has 0 aromatic rings. The van der Waals surface area contributed by atoms with E-state index in [0.717, 1.165) is 0 Å². The van der Waals surface area contributed by atoms with E-state index in [1.807, 2.05) is 0 Å². The summed E-state index contributed by atoms with van der Waals surface area (Å²) in [7, 11) is 1.54. The topological polar surface area (TPSA) is 9.23 Å². The van der Waals surface area contributed by atoms with E-state index in [0.29, 0.717) is 6.61 Å². The van der Waals surface area contributed by atoms with Gasteiger partial charge in [0.25, 0.3) is 0 Å². The van der Waals surface area contributed by atoms with Crippen molar-refractivity contribution in [1.82, 2.24) is 0 Å². The third-order valence-corrected chi connectivity index (χ3v) is 1.58. The van der Waals surface area contributed by atoms with Gasteiger partial charge in [0.05, 0.1) is 0 Å². The number of methoxy groups -OCH3 is 1. The van der Waals surface area contributed by atoms with Crippen LogP contribution < -0.4 is 0 Å². The number of hydrogen-bond donors (Lipinski definition) is 0. The lowest BCUT2D eigenvalue weighted by Crippen LogP contribution is -2.37. The van der Waals surface area contributed by atoms with Crippen molar-refractivity contribution >= 4 is 0 Å². The number of hydrogen-bond acceptors (Lipinski definition) is 1. The predicted octanol–water partition coefficient (Wildman–Crippen LogP) is 1.68. The van der Waals surface area contributed by atoms with Crippen LogP contribution in [0.15, 0.2) is 0 Å². The molecule has 0 spiro atoms. The first-order valence-electron chi connectivity index (χ1n) is 3.01. The lowest BCUT2D eigenvalue weighted by Gasteiger charge is -2.34. The molecule has 3 heteroatoms. The van der Waals surface area contributed by atoms with Gasteiger partial charge in [-0.2, -0.15) is 0 Å². The summed E-state index contributed by atoms with van der Waals surface area (Å²) >= 11 is 0. The third-order valence-electron chi connectivity index (χ3n) is 1.58. The van der Waals surface area contributed by atoms with Gasteiger partial charge < -0.3 is 4.74 Å². The van der Waals surface area contributed by atoms with E-state index >= 15 is 0 Å². The van der Waals surface area contributed by atoms with Gasteiger partial charge in [-0.3, -0.25) is 0 Å². The Balaban J connectivity index is 2.12. The van der Waals surface area contributed by atoms with Crippen LogP contribution in [0.3, 0.4) is 0 Å². The molecule has 0 saturated heterocycles. The molecule has 1 aliphatic carbocycles. The number of rotatable bonds is 2. The van der Waals surface area contributed by atoms with Crippen molar-refractivity contribution < 1.29 is 13.5 Å². The highest BCUT2D eigenvalue weighted by Crippen LogP contribution is 2.42. The van der Waals surface area contributed by atoms with Crippen LogP contribution in [0.4, 0.5) is 8.78 Å². The molecule has 9 heavy (non-hydrogen) atoms. The molecule has 0 aromatic heterocycles. The van der Waals surface area contributed by atoms with Crippen LogP contribution in [0.1, 0.15) is 12.8 Å². The standard InChI is InChI=1S/C6H10F2O/c1-9-4-5-2-6(7,8)3-5/h5H,2-4H2,1H3. The van der Waals surface area contributed by atoms with Crippen molar-refractivity contribution in [2.75, 3.05) is 13.7 Å². The highest BCUT2D eigenvalue weighted by atomic mass is 19.3. The maximum Gasteiger partial charge on any atom is 0.248 e. The molecule has 0 bridgehead atoms. The molecule has 0 radical (unpaired) electrons. The lowest BCUT2D eigenvalue weighted by atomic mass is 9.82. The number of alkyl halides is 2. The van der Waals surface area contributed by atoms with E-state index in [1.54, 1.807) is 0 Å². The van der Waals surface area contributed by atoms with E-state index in [1.165, 1.54) is 7.11 Å². The van der Waals surface area contributed by atoms with Gasteiger partial charge >= 0.3 is 0 Å². The molecule has 54 valence electrons. The van der Waals surface area contributed by atoms with Crippen molar-refractivity contribution in [3.63, 3.8) is 0 Å². The zero-order chi connectivity index (χ0) is 6.91. The Labute approximate surface area is 53.0 Å². The average molecular weight is 136 g/mol. The van der Waals surface area contributed by atoms with Crippen molar-refractivity contribution in [1.29, 1.82) is 0 Å². The van der Waals surface area contributed by atoms with Gasteiger partial charge in [-0.1, -0.05) is 0 Å². The normalized spacial score (nSPS) is 25.7. The molecule has 1 fully saturated rings. The first kappa shape index (κ1) is 6.93. The van der Waals surface area contributed by atoms with Gasteiger partial charge in [0.2, 0.25) is 5.92 Å². The summed E-state index contributed by atoms with van der Waals surface area (Å²) in [6.45, 7) is 0.482. The molecule has 0 atom stereocenters. The minimum Gasteiger partial charge on any atom is -0.384 e. The average Bonchev–Trinajstić information content (AvgIpc) is 1.62. The Morgan fingerprint density at radius 1 is 1.56 bits per heavy atom. The van der Waals surface area contributed by atoms with Crippen LogP contribution in [-0.2, 0) is 4.74 Å². The summed E-state index contributed by atoms with van der Waals surface area (Å²) in [5, 5.41) is 0. The number of halogens is 2. The minimum atomic E-state index is -2.39. The Hall–Kier alpha value is -0.180. The Morgan fingerprint density at radius 3 is 2.44 bits per heavy atom. The fourth-order valence-corrected chi connectivity index (χ4v) is 1.14. The Kier molecular flexibility index (Phi) is 1.70. The zero-order valence-electron chi connectivity index (χ0n) is 5.36. The van der Waals surface area contributed by atoms with Crippen LogP contribution in [-0.4, -0.2) is 19.6 Å². The van der Waals surface area contributed by atoms with E-state index in [-0.39, 0.29) is 18.8 Å². The fourth-order valence-electron chi connectivity index (χ4n) is 1.14. The molecule has 1 nitrogen and oxygen atoms in total. The molecule has 1 rings (SSSR count). The summed E-state index contributed by atoms with van der Waals surface area (Å²) in [6, 6.07) is 0. The van der Waals surface area contributed by atoms with E-state index in [9.17, 15) is 8.78 Å². The van der Waals surface area contributed by atoms with E-state index in [4.69, 9.17) is 4.74 Å². The van der Waals surface area contributed by atoms with E-state index in [2.05, 4.69) is 0 Å². The van der Waals surface area contributed by atoms with Crippen LogP contribution in [0.2, 0.25) is 0 Å². The first-order valence-corrected chi connectivity index (χ1v) is 3.01. The first-order chi connectivity index (χ1) is 4.14. The Morgan fingerprint density at radius 2 is 2.11 bits per heavy atom. The van der Waals surface area contributed by atoms with E-state index < -0.39 is 5.92 Å². The summed E-state index contributed by atoms with van der Waals surface area (Å²) in [5.41, 5.74) is 0. The second-order valence-corrected chi connectivity index (χ2v) is 2.59. The van der Waals surface area contributed by atoms with Gasteiger partial charge in [-0.15, -0.1) is 0 Å². The van der Waals surface area contributed by atoms with Gasteiger partial charge in [-0.05, 0) is 5.92 Å². The summed E-state index contributed by atoms with van der Waals surface area (Å²) in [5.74, 6) is -2.28. The monoisotopic (exact) mass is 136 g/mol. The third kappa shape index (κ3) is 1.61. The molecule has 0 amide bonds. The molecule has 0 aliphatic heterocycles. The summed E-state index contributed by atoms with van der Waals surface area (Å²) in [4.78, 5) is 0. The zero-order valence-corrected chi connectivity index (χ0v) is 5.36. The van der Waals surface area contributed by atoms with Crippen molar-refractivity contribution in [3.8, 4) is 0 Å². The van der Waals surface area contributed by atoms with Crippen molar-refractivity contribution in [2.45, 2.75) is 18.8 Å². The fraction of sp³-hybridized carbons (Fsp3) is 1.00. The number of ether oxygens (including phenoxy) is 1. The lowest BCUT2D eigenvalue weighted by molar-refractivity contribution is -0.124. The molecule has 1 saturated carbocycles. The minimum absolute atomic E-state index is 0.0147. The molecule has 0 heterocycles. The van der Waals surface area contributed by atoms with Crippen LogP contribution in [0.25, 0.3) is 0 Å². The SMILES string of the molecule is COCC1CC(F)(F)C1. The van der Waals surface area contributed by atoms with Gasteiger partial charge in [0, 0.05) is 26.6 Å². The van der Waals surface area contributed by atoms with Gasteiger partial charge in [0.15, 0.2) is 0 Å². The van der Waals surface area contributed by atoms with Crippen LogP contribution in [0.5, 0.6) is 0 Å². The van der Waals surface area contributed by atoms with Gasteiger partial charge in [-0.25, -0.2) is 8.78 Å².